The van der Waals surface area contributed by atoms with Crippen LogP contribution in [0.25, 0.3) is 0 Å². The lowest BCUT2D eigenvalue weighted by Gasteiger charge is -2.71. The van der Waals surface area contributed by atoms with Crippen LogP contribution < -0.4 is 0 Å². The minimum Gasteiger partial charge on any atom is -0.393 e. The second-order valence-electron chi connectivity index (χ2n) is 15.8. The molecule has 7 nitrogen and oxygen atoms in total. The van der Waals surface area contributed by atoms with E-state index < -0.39 is 55.5 Å². The first-order chi connectivity index (χ1) is 23.5. The number of halogens is 3. The van der Waals surface area contributed by atoms with Crippen molar-refractivity contribution in [3.63, 3.8) is 0 Å². The largest absolute Gasteiger partial charge is 0.416 e. The Kier molecular flexibility index (Phi) is 8.72. The second-order valence-corrected chi connectivity index (χ2v) is 18.9. The fourth-order valence-corrected chi connectivity index (χ4v) is 13.8. The lowest BCUT2D eigenvalue weighted by molar-refractivity contribution is -0.173. The van der Waals surface area contributed by atoms with Gasteiger partial charge >= 0.3 is 6.18 Å². The number of ether oxygens (including phenoxy) is 1. The van der Waals surface area contributed by atoms with Gasteiger partial charge in [0.05, 0.1) is 17.3 Å². The number of thiophene rings is 1. The highest BCUT2D eigenvalue weighted by atomic mass is 32.2. The molecule has 1 aromatic carbocycles. The smallest absolute Gasteiger partial charge is 0.393 e. The number of fused-ring (bicyclic) bond motifs is 1. The number of aliphatic hydroxyl groups excluding tert-OH is 1. The Labute approximate surface area is 296 Å². The van der Waals surface area contributed by atoms with E-state index in [4.69, 9.17) is 4.74 Å². The molecular weight excluding hydrogens is 688 g/mol. The molecule has 1 aromatic heterocycles. The van der Waals surface area contributed by atoms with E-state index in [1.165, 1.54) is 16.4 Å². The van der Waals surface area contributed by atoms with E-state index >= 15 is 0 Å². The van der Waals surface area contributed by atoms with Gasteiger partial charge in [-0.1, -0.05) is 50.3 Å². The van der Waals surface area contributed by atoms with E-state index in [1.54, 1.807) is 24.6 Å². The van der Waals surface area contributed by atoms with Gasteiger partial charge in [-0.05, 0) is 92.2 Å². The molecule has 1 unspecified atom stereocenters. The summed E-state index contributed by atoms with van der Waals surface area (Å²) in [5, 5.41) is 25.5. The van der Waals surface area contributed by atoms with E-state index in [-0.39, 0.29) is 40.1 Å². The first-order valence-electron chi connectivity index (χ1n) is 17.6. The van der Waals surface area contributed by atoms with Crippen LogP contribution >= 0.6 is 11.3 Å². The van der Waals surface area contributed by atoms with Crippen LogP contribution in [0.5, 0.6) is 0 Å². The summed E-state index contributed by atoms with van der Waals surface area (Å²) in [5.74, 6) is -0.813. The molecule has 6 aliphatic carbocycles. The van der Waals surface area contributed by atoms with Crippen LogP contribution in [-0.2, 0) is 20.9 Å². The Balaban J connectivity index is 1.33. The van der Waals surface area contributed by atoms with E-state index in [1.807, 2.05) is 13.0 Å². The highest BCUT2D eigenvalue weighted by molar-refractivity contribution is 7.91. The minimum atomic E-state index is -4.62. The number of rotatable bonds is 10. The molecule has 2 bridgehead atoms. The van der Waals surface area contributed by atoms with Crippen molar-refractivity contribution in [3.8, 4) is 0 Å². The van der Waals surface area contributed by atoms with Crippen LogP contribution in [0.3, 0.4) is 0 Å². The third-order valence-electron chi connectivity index (χ3n) is 13.7. The molecule has 3 fully saturated rings. The van der Waals surface area contributed by atoms with Gasteiger partial charge in [-0.2, -0.15) is 17.5 Å². The summed E-state index contributed by atoms with van der Waals surface area (Å²) in [6.45, 7) is 4.64. The molecule has 0 amide bonds. The molecule has 50 heavy (non-hydrogen) atoms. The second kappa shape index (κ2) is 12.1. The average Bonchev–Trinajstić information content (AvgIpc) is 3.71. The molecule has 3 saturated carbocycles. The SMILES string of the molecule is COCCCN(C[C@]1(O)CC[C@H]2[C@]34C=C[C@@]5(C=C3C(=O)c3cccc(C(F)(F)F)c3)CC(O)CC[C@]5(C)[C@H]4CC[C@@]21C)S(=O)(=O)c1cccs1. The van der Waals surface area contributed by atoms with Crippen molar-refractivity contribution in [1.82, 2.24) is 4.31 Å². The van der Waals surface area contributed by atoms with Crippen LogP contribution in [0.4, 0.5) is 13.2 Å². The lowest BCUT2D eigenvalue weighted by Crippen LogP contribution is -2.67. The van der Waals surface area contributed by atoms with E-state index in [0.29, 0.717) is 57.1 Å². The zero-order valence-corrected chi connectivity index (χ0v) is 30.3. The normalized spacial score (nSPS) is 37.7. The molecule has 2 spiro atoms. The van der Waals surface area contributed by atoms with Crippen LogP contribution in [-0.4, -0.2) is 67.2 Å². The van der Waals surface area contributed by atoms with Gasteiger partial charge in [0.1, 0.15) is 4.21 Å². The minimum absolute atomic E-state index is 0.0403. The number of sulfonamides is 1. The van der Waals surface area contributed by atoms with Crippen molar-refractivity contribution in [2.45, 2.75) is 87.3 Å². The molecule has 0 aliphatic heterocycles. The zero-order valence-electron chi connectivity index (χ0n) is 28.7. The van der Waals surface area contributed by atoms with Crippen LogP contribution in [0.1, 0.15) is 81.1 Å². The van der Waals surface area contributed by atoms with E-state index in [9.17, 15) is 36.6 Å². The molecule has 1 heterocycles. The Morgan fingerprint density at radius 3 is 2.46 bits per heavy atom. The Hall–Kier alpha value is -2.35. The van der Waals surface area contributed by atoms with Crippen molar-refractivity contribution in [2.75, 3.05) is 26.8 Å². The molecule has 12 heteroatoms. The number of allylic oxidation sites excluding steroid dienone is 4. The molecule has 2 aromatic rings. The number of alkyl halides is 3. The third-order valence-corrected chi connectivity index (χ3v) is 16.9. The number of ketones is 1. The standard InChI is InChI=1S/C38H46F3NO6S2/c1-33-13-10-27(43)22-35(33)16-17-37(28(23-35)32(44)25-7-4-8-26(21-25)38(39,40)41)29(33)11-14-34(2)30(37)12-15-36(34,45)24-42(18-6-19-48-3)50(46,47)31-9-5-20-49-31/h4-5,7-9,16-17,20-21,23,27,29-30,43,45H,6,10-15,18-19,22,24H2,1-3H3/t27?,29-,30-,33-,34+,35+,36-,37-/m1/s1. The summed E-state index contributed by atoms with van der Waals surface area (Å²) >= 11 is 1.13. The molecule has 2 N–H and O–H groups in total. The number of methoxy groups -OCH3 is 1. The maximum Gasteiger partial charge on any atom is 0.416 e. The van der Waals surface area contributed by atoms with E-state index in [2.05, 4.69) is 19.1 Å². The Morgan fingerprint density at radius 2 is 1.76 bits per heavy atom. The highest BCUT2D eigenvalue weighted by Crippen LogP contribution is 2.78. The van der Waals surface area contributed by atoms with Crippen molar-refractivity contribution in [3.05, 3.63) is 76.7 Å². The number of nitrogens with zero attached hydrogens (tertiary/aromatic N) is 1. The van der Waals surface area contributed by atoms with Crippen molar-refractivity contribution in [2.24, 2.45) is 33.5 Å². The predicted octanol–water partition coefficient (Wildman–Crippen LogP) is 7.27. The molecule has 8 rings (SSSR count). The molecule has 272 valence electrons. The Morgan fingerprint density at radius 1 is 1.04 bits per heavy atom. The maximum absolute atomic E-state index is 14.7. The van der Waals surface area contributed by atoms with Gasteiger partial charge in [-0.15, -0.1) is 11.3 Å². The van der Waals surface area contributed by atoms with Crippen molar-refractivity contribution >= 4 is 27.1 Å². The van der Waals surface area contributed by atoms with Gasteiger partial charge in [0.2, 0.25) is 0 Å². The number of hydrogen-bond acceptors (Lipinski definition) is 7. The Bertz CT molecular complexity index is 1830. The maximum atomic E-state index is 14.7. The molecular formula is C38H46F3NO6S2. The summed E-state index contributed by atoms with van der Waals surface area (Å²) in [4.78, 5) is 14.7. The summed E-state index contributed by atoms with van der Waals surface area (Å²) < 4.78 is 76.3. The fourth-order valence-electron chi connectivity index (χ4n) is 11.1. The first-order valence-corrected chi connectivity index (χ1v) is 19.9. The highest BCUT2D eigenvalue weighted by Gasteiger charge is 2.74. The van der Waals surface area contributed by atoms with Crippen molar-refractivity contribution < 1.29 is 41.3 Å². The summed E-state index contributed by atoms with van der Waals surface area (Å²) in [6, 6.07) is 7.84. The van der Waals surface area contributed by atoms with Gasteiger partial charge in [-0.3, -0.25) is 4.79 Å². The van der Waals surface area contributed by atoms with Gasteiger partial charge in [0, 0.05) is 54.2 Å². The lowest BCUT2D eigenvalue weighted by atomic mass is 9.32. The fraction of sp³-hybridized carbons (Fsp3) is 0.605. The topological polar surface area (TPSA) is 104 Å². The van der Waals surface area contributed by atoms with Gasteiger partial charge in [0.25, 0.3) is 10.0 Å². The molecule has 0 saturated heterocycles. The zero-order chi connectivity index (χ0) is 36.0. The third kappa shape index (κ3) is 5.10. The quantitative estimate of drug-likeness (QED) is 0.151. The van der Waals surface area contributed by atoms with Crippen LogP contribution in [0.15, 0.2) is 69.8 Å². The van der Waals surface area contributed by atoms with Gasteiger partial charge in [-0.25, -0.2) is 8.42 Å². The molecule has 0 radical (unpaired) electrons. The predicted molar refractivity (Wildman–Crippen MR) is 184 cm³/mol. The average molecular weight is 734 g/mol. The number of Topliss-reactive ketones (excluding diaryl/α,β-unsaturated/α-hetero) is 1. The molecule has 8 atom stereocenters. The van der Waals surface area contributed by atoms with Crippen molar-refractivity contribution in [1.29, 1.82) is 0 Å². The van der Waals surface area contributed by atoms with Crippen LogP contribution in [0.2, 0.25) is 0 Å². The van der Waals surface area contributed by atoms with Gasteiger partial charge in [0.15, 0.2) is 5.78 Å². The summed E-state index contributed by atoms with van der Waals surface area (Å²) in [5.41, 5.74) is -4.62. The number of aliphatic hydroxyl groups is 2. The number of hydrogen-bond donors (Lipinski definition) is 2. The van der Waals surface area contributed by atoms with Crippen LogP contribution in [0, 0.1) is 33.5 Å². The van der Waals surface area contributed by atoms with Gasteiger partial charge < -0.3 is 14.9 Å². The number of carbonyl (C=O) groups excluding carboxylic acids is 1. The first kappa shape index (κ1) is 36.0. The molecule has 6 aliphatic rings. The number of carbonyl (C=O) groups is 1. The monoisotopic (exact) mass is 733 g/mol. The summed E-state index contributed by atoms with van der Waals surface area (Å²) in [7, 11) is -2.37. The summed E-state index contributed by atoms with van der Waals surface area (Å²) in [6.07, 6.45) is 5.29. The number of benzene rings is 1. The van der Waals surface area contributed by atoms with E-state index in [0.717, 1.165) is 29.9 Å².